The second kappa shape index (κ2) is 3.81. The number of rotatable bonds is 2. The zero-order valence-electron chi connectivity index (χ0n) is 7.99. The van der Waals surface area contributed by atoms with Crippen LogP contribution in [0.1, 0.15) is 41.9 Å². The van der Waals surface area contributed by atoms with Gasteiger partial charge in [0.15, 0.2) is 0 Å². The van der Waals surface area contributed by atoms with Gasteiger partial charge in [0.2, 0.25) is 0 Å². The summed E-state index contributed by atoms with van der Waals surface area (Å²) in [6.07, 6.45) is 4.39. The van der Waals surface area contributed by atoms with Crippen LogP contribution in [0.3, 0.4) is 0 Å². The Bertz CT molecular complexity index is 279. The van der Waals surface area contributed by atoms with Gasteiger partial charge in [-0.05, 0) is 31.4 Å². The monoisotopic (exact) mass is 196 g/mol. The van der Waals surface area contributed by atoms with Crippen molar-refractivity contribution in [2.45, 2.75) is 44.6 Å². The molecule has 1 nitrogen and oxygen atoms in total. The van der Waals surface area contributed by atoms with E-state index in [1.165, 1.54) is 22.6 Å². The molecule has 1 aromatic heterocycles. The maximum absolute atomic E-state index is 9.73. The number of hydrogen-bond acceptors (Lipinski definition) is 2. The summed E-state index contributed by atoms with van der Waals surface area (Å²) in [6, 6.07) is 4.40. The van der Waals surface area contributed by atoms with Crippen molar-refractivity contribution < 1.29 is 5.11 Å². The summed E-state index contributed by atoms with van der Waals surface area (Å²) >= 11 is 1.87. The van der Waals surface area contributed by atoms with Crippen molar-refractivity contribution in [1.82, 2.24) is 0 Å². The van der Waals surface area contributed by atoms with Crippen LogP contribution >= 0.6 is 11.3 Å². The first kappa shape index (κ1) is 9.22. The molecule has 13 heavy (non-hydrogen) atoms. The lowest BCUT2D eigenvalue weighted by Crippen LogP contribution is -2.09. The van der Waals surface area contributed by atoms with Gasteiger partial charge in [0.05, 0.1) is 6.10 Å². The smallest absolute Gasteiger partial charge is 0.0616 e. The van der Waals surface area contributed by atoms with E-state index in [-0.39, 0.29) is 6.10 Å². The summed E-state index contributed by atoms with van der Waals surface area (Å²) in [5.74, 6) is 0.435. The fourth-order valence-electron chi connectivity index (χ4n) is 2.06. The van der Waals surface area contributed by atoms with Gasteiger partial charge in [-0.1, -0.05) is 13.3 Å². The minimum absolute atomic E-state index is 0.0802. The molecule has 2 heteroatoms. The second-order valence-electron chi connectivity index (χ2n) is 3.76. The average Bonchev–Trinajstić information content (AvgIpc) is 2.71. The molecule has 0 aromatic carbocycles. The van der Waals surface area contributed by atoms with E-state index in [1.54, 1.807) is 0 Å². The molecule has 0 radical (unpaired) electrons. The SMILES string of the molecule is CCc1ccc(C2CCCC2O)s1. The molecule has 2 atom stereocenters. The van der Waals surface area contributed by atoms with E-state index >= 15 is 0 Å². The van der Waals surface area contributed by atoms with Crippen LogP contribution in [-0.4, -0.2) is 11.2 Å². The van der Waals surface area contributed by atoms with Gasteiger partial charge >= 0.3 is 0 Å². The van der Waals surface area contributed by atoms with Gasteiger partial charge in [-0.3, -0.25) is 0 Å². The maximum Gasteiger partial charge on any atom is 0.0616 e. The highest BCUT2D eigenvalue weighted by molar-refractivity contribution is 7.12. The molecule has 1 saturated carbocycles. The van der Waals surface area contributed by atoms with Crippen LogP contribution in [-0.2, 0) is 6.42 Å². The van der Waals surface area contributed by atoms with Crippen LogP contribution in [0.25, 0.3) is 0 Å². The average molecular weight is 196 g/mol. The Hall–Kier alpha value is -0.340. The molecule has 0 amide bonds. The van der Waals surface area contributed by atoms with Gasteiger partial charge in [-0.25, -0.2) is 0 Å². The molecule has 2 unspecified atom stereocenters. The first-order valence-corrected chi connectivity index (χ1v) is 5.89. The van der Waals surface area contributed by atoms with Crippen LogP contribution < -0.4 is 0 Å². The van der Waals surface area contributed by atoms with Gasteiger partial charge < -0.3 is 5.11 Å². The lowest BCUT2D eigenvalue weighted by Gasteiger charge is -2.11. The zero-order chi connectivity index (χ0) is 9.26. The fourth-order valence-corrected chi connectivity index (χ4v) is 3.20. The highest BCUT2D eigenvalue weighted by Crippen LogP contribution is 2.37. The van der Waals surface area contributed by atoms with Crippen molar-refractivity contribution >= 4 is 11.3 Å². The van der Waals surface area contributed by atoms with Gasteiger partial charge in [-0.15, -0.1) is 11.3 Å². The quantitative estimate of drug-likeness (QED) is 0.771. The van der Waals surface area contributed by atoms with Crippen molar-refractivity contribution in [3.05, 3.63) is 21.9 Å². The molecule has 72 valence electrons. The third-order valence-electron chi connectivity index (χ3n) is 2.88. The number of thiophene rings is 1. The predicted octanol–water partition coefficient (Wildman–Crippen LogP) is 2.94. The van der Waals surface area contributed by atoms with Crippen LogP contribution in [0.2, 0.25) is 0 Å². The summed E-state index contributed by atoms with van der Waals surface area (Å²) in [5, 5.41) is 9.73. The normalized spacial score (nSPS) is 28.2. The van der Waals surface area contributed by atoms with Crippen LogP contribution in [0.5, 0.6) is 0 Å². The van der Waals surface area contributed by atoms with Crippen LogP contribution in [0.15, 0.2) is 12.1 Å². The number of aryl methyl sites for hydroxylation is 1. The van der Waals surface area contributed by atoms with Crippen molar-refractivity contribution in [3.63, 3.8) is 0 Å². The van der Waals surface area contributed by atoms with E-state index in [9.17, 15) is 5.11 Å². The molecular weight excluding hydrogens is 180 g/mol. The van der Waals surface area contributed by atoms with Crippen LogP contribution in [0.4, 0.5) is 0 Å². The van der Waals surface area contributed by atoms with E-state index in [4.69, 9.17) is 0 Å². The Morgan fingerprint density at radius 2 is 2.31 bits per heavy atom. The summed E-state index contributed by atoms with van der Waals surface area (Å²) in [4.78, 5) is 2.83. The molecule has 1 fully saturated rings. The molecule has 1 heterocycles. The van der Waals surface area contributed by atoms with Crippen molar-refractivity contribution in [3.8, 4) is 0 Å². The van der Waals surface area contributed by atoms with Crippen molar-refractivity contribution in [2.24, 2.45) is 0 Å². The Morgan fingerprint density at radius 3 is 2.85 bits per heavy atom. The predicted molar refractivity (Wildman–Crippen MR) is 56.3 cm³/mol. The van der Waals surface area contributed by atoms with E-state index in [0.29, 0.717) is 5.92 Å². The minimum Gasteiger partial charge on any atom is -0.392 e. The molecule has 1 N–H and O–H groups in total. The highest BCUT2D eigenvalue weighted by atomic mass is 32.1. The third kappa shape index (κ3) is 1.79. The van der Waals surface area contributed by atoms with E-state index < -0.39 is 0 Å². The number of hydrogen-bond donors (Lipinski definition) is 1. The maximum atomic E-state index is 9.73. The first-order valence-electron chi connectivity index (χ1n) is 5.08. The van der Waals surface area contributed by atoms with E-state index in [2.05, 4.69) is 19.1 Å². The molecule has 0 spiro atoms. The van der Waals surface area contributed by atoms with Crippen LogP contribution in [0, 0.1) is 0 Å². The molecule has 2 rings (SSSR count). The second-order valence-corrected chi connectivity index (χ2v) is 4.96. The van der Waals surface area contributed by atoms with Crippen molar-refractivity contribution in [2.75, 3.05) is 0 Å². The Morgan fingerprint density at radius 1 is 1.46 bits per heavy atom. The largest absolute Gasteiger partial charge is 0.392 e. The Labute approximate surface area is 83.4 Å². The summed E-state index contributed by atoms with van der Waals surface area (Å²) in [5.41, 5.74) is 0. The standard InChI is InChI=1S/C11H16OS/c1-2-8-6-7-11(13-8)9-4-3-5-10(9)12/h6-7,9-10,12H,2-5H2,1H3. The molecule has 1 aliphatic rings. The molecule has 0 bridgehead atoms. The van der Waals surface area contributed by atoms with Gasteiger partial charge in [0, 0.05) is 15.7 Å². The lowest BCUT2D eigenvalue weighted by molar-refractivity contribution is 0.165. The summed E-state index contributed by atoms with van der Waals surface area (Å²) in [6.45, 7) is 2.18. The Balaban J connectivity index is 2.15. The number of aliphatic hydroxyl groups is 1. The minimum atomic E-state index is -0.0802. The van der Waals surface area contributed by atoms with E-state index in [1.807, 2.05) is 11.3 Å². The van der Waals surface area contributed by atoms with E-state index in [0.717, 1.165) is 12.8 Å². The van der Waals surface area contributed by atoms with Gasteiger partial charge in [-0.2, -0.15) is 0 Å². The molecule has 1 aliphatic carbocycles. The zero-order valence-corrected chi connectivity index (χ0v) is 8.81. The first-order chi connectivity index (χ1) is 6.31. The topological polar surface area (TPSA) is 20.2 Å². The van der Waals surface area contributed by atoms with Gasteiger partial charge in [0.25, 0.3) is 0 Å². The molecule has 0 saturated heterocycles. The third-order valence-corrected chi connectivity index (χ3v) is 4.24. The molecule has 0 aliphatic heterocycles. The summed E-state index contributed by atoms with van der Waals surface area (Å²) < 4.78 is 0. The lowest BCUT2D eigenvalue weighted by atomic mass is 10.0. The Kier molecular flexibility index (Phi) is 2.70. The fraction of sp³-hybridized carbons (Fsp3) is 0.636. The summed E-state index contributed by atoms with van der Waals surface area (Å²) in [7, 11) is 0. The molecule has 1 aromatic rings. The van der Waals surface area contributed by atoms with Crippen molar-refractivity contribution in [1.29, 1.82) is 0 Å². The number of aliphatic hydroxyl groups excluding tert-OH is 1. The molecular formula is C11H16OS. The van der Waals surface area contributed by atoms with Gasteiger partial charge in [0.1, 0.15) is 0 Å². The highest BCUT2D eigenvalue weighted by Gasteiger charge is 2.27.